The van der Waals surface area contributed by atoms with Gasteiger partial charge in [0.05, 0.1) is 0 Å². The van der Waals surface area contributed by atoms with E-state index in [2.05, 4.69) is 5.32 Å². The molecule has 0 aromatic rings. The molecule has 0 aliphatic carbocycles. The van der Waals surface area contributed by atoms with Crippen LogP contribution in [0.5, 0.6) is 0 Å². The van der Waals surface area contributed by atoms with Crippen molar-refractivity contribution in [2.45, 2.75) is 72.1 Å². The fraction of sp³-hybridized carbons (Fsp3) is 0.867. The lowest BCUT2D eigenvalue weighted by Gasteiger charge is -2.31. The Kier molecular flexibility index (Phi) is 6.68. The first-order chi connectivity index (χ1) is 8.96. The molecule has 0 aromatic carbocycles. The van der Waals surface area contributed by atoms with Gasteiger partial charge in [-0.1, -0.05) is 20.8 Å². The average molecular weight is 287 g/mol. The maximum Gasteiger partial charge on any atom is 0.329 e. The van der Waals surface area contributed by atoms with Gasteiger partial charge in [0.15, 0.2) is 0 Å². The molecule has 0 spiro atoms. The fourth-order valence-electron chi connectivity index (χ4n) is 1.55. The number of esters is 1. The van der Waals surface area contributed by atoms with Crippen LogP contribution in [0, 0.1) is 5.92 Å². The van der Waals surface area contributed by atoms with Crippen LogP contribution in [-0.4, -0.2) is 36.2 Å². The van der Waals surface area contributed by atoms with Crippen molar-refractivity contribution in [2.24, 2.45) is 5.92 Å². The number of carbonyl (C=O) groups excluding carboxylic acids is 2. The Morgan fingerprint density at radius 2 is 1.65 bits per heavy atom. The van der Waals surface area contributed by atoms with E-state index in [0.29, 0.717) is 6.42 Å². The first kappa shape index (κ1) is 18.9. The summed E-state index contributed by atoms with van der Waals surface area (Å²) in [5.74, 6) is -0.783. The third kappa shape index (κ3) is 5.49. The maximum atomic E-state index is 12.3. The first-order valence-electron chi connectivity index (χ1n) is 7.05. The number of hydrogen-bond acceptors (Lipinski definition) is 4. The Balaban J connectivity index is 4.97. The molecule has 0 saturated carbocycles. The highest BCUT2D eigenvalue weighted by Gasteiger charge is 2.36. The van der Waals surface area contributed by atoms with Crippen molar-refractivity contribution in [2.75, 3.05) is 7.11 Å². The zero-order valence-electron chi connectivity index (χ0n) is 14.0. The molecule has 0 aliphatic heterocycles. The summed E-state index contributed by atoms with van der Waals surface area (Å²) in [5, 5.41) is 2.74. The van der Waals surface area contributed by atoms with E-state index in [9.17, 15) is 9.59 Å². The highest BCUT2D eigenvalue weighted by Crippen LogP contribution is 2.17. The molecule has 20 heavy (non-hydrogen) atoms. The van der Waals surface area contributed by atoms with Gasteiger partial charge in [-0.05, 0) is 40.0 Å². The molecule has 0 saturated heterocycles. The summed E-state index contributed by atoms with van der Waals surface area (Å²) in [6.07, 6.45) is 0.522. The molecule has 0 fully saturated rings. The van der Waals surface area contributed by atoms with E-state index >= 15 is 0 Å². The predicted octanol–water partition coefficient (Wildman–Crippen LogP) is 2.28. The van der Waals surface area contributed by atoms with Crippen LogP contribution in [0.4, 0.5) is 0 Å². The van der Waals surface area contributed by atoms with Crippen LogP contribution in [0.1, 0.15) is 54.9 Å². The zero-order valence-corrected chi connectivity index (χ0v) is 14.0. The molecular formula is C15H29NO4. The summed E-state index contributed by atoms with van der Waals surface area (Å²) < 4.78 is 10.6. The van der Waals surface area contributed by atoms with Gasteiger partial charge >= 0.3 is 5.97 Å². The number of methoxy groups -OCH3 is 1. The Morgan fingerprint density at radius 1 is 1.15 bits per heavy atom. The Morgan fingerprint density at radius 3 is 1.95 bits per heavy atom. The average Bonchev–Trinajstić information content (AvgIpc) is 2.31. The number of amides is 1. The topological polar surface area (TPSA) is 64.6 Å². The van der Waals surface area contributed by atoms with Gasteiger partial charge in [-0.3, -0.25) is 4.79 Å². The minimum Gasteiger partial charge on any atom is -0.458 e. The van der Waals surface area contributed by atoms with Crippen LogP contribution in [-0.2, 0) is 19.1 Å². The van der Waals surface area contributed by atoms with Crippen LogP contribution >= 0.6 is 0 Å². The Hall–Kier alpha value is -1.10. The summed E-state index contributed by atoms with van der Waals surface area (Å²) in [5.41, 5.74) is -1.51. The van der Waals surface area contributed by atoms with Crippen LogP contribution < -0.4 is 5.32 Å². The molecule has 1 N–H and O–H groups in total. The van der Waals surface area contributed by atoms with Gasteiger partial charge in [-0.15, -0.1) is 0 Å². The molecule has 0 radical (unpaired) electrons. The van der Waals surface area contributed by atoms with E-state index in [1.807, 2.05) is 20.8 Å². The van der Waals surface area contributed by atoms with E-state index in [1.54, 1.807) is 27.7 Å². The summed E-state index contributed by atoms with van der Waals surface area (Å²) in [7, 11) is 1.49. The van der Waals surface area contributed by atoms with Crippen LogP contribution in [0.2, 0.25) is 0 Å². The molecule has 1 amide bonds. The lowest BCUT2D eigenvalue weighted by Crippen LogP contribution is -2.54. The lowest BCUT2D eigenvalue weighted by molar-refractivity contribution is -0.162. The van der Waals surface area contributed by atoms with Crippen LogP contribution in [0.15, 0.2) is 0 Å². The minimum atomic E-state index is -0.935. The van der Waals surface area contributed by atoms with Gasteiger partial charge in [-0.2, -0.15) is 0 Å². The van der Waals surface area contributed by atoms with Gasteiger partial charge in [0.2, 0.25) is 0 Å². The molecule has 5 heteroatoms. The quantitative estimate of drug-likeness (QED) is 0.761. The third-order valence-electron chi connectivity index (χ3n) is 3.22. The smallest absolute Gasteiger partial charge is 0.329 e. The van der Waals surface area contributed by atoms with Crippen molar-refractivity contribution in [3.8, 4) is 0 Å². The molecule has 0 bridgehead atoms. The molecule has 118 valence electrons. The van der Waals surface area contributed by atoms with Crippen molar-refractivity contribution in [3.05, 3.63) is 0 Å². The van der Waals surface area contributed by atoms with E-state index in [-0.39, 0.29) is 11.8 Å². The normalized spacial score (nSPS) is 16.4. The van der Waals surface area contributed by atoms with Crippen LogP contribution in [0.25, 0.3) is 0 Å². The number of hydrogen-bond donors (Lipinski definition) is 1. The van der Waals surface area contributed by atoms with Crippen molar-refractivity contribution < 1.29 is 19.1 Å². The van der Waals surface area contributed by atoms with Crippen molar-refractivity contribution in [3.63, 3.8) is 0 Å². The molecule has 2 atom stereocenters. The van der Waals surface area contributed by atoms with Crippen molar-refractivity contribution >= 4 is 11.9 Å². The van der Waals surface area contributed by atoms with Crippen molar-refractivity contribution in [1.29, 1.82) is 0 Å². The van der Waals surface area contributed by atoms with Crippen molar-refractivity contribution in [1.82, 2.24) is 5.32 Å². The maximum absolute atomic E-state index is 12.3. The molecule has 0 heterocycles. The number of ether oxygens (including phenoxy) is 2. The number of carbonyl (C=O) groups is 2. The van der Waals surface area contributed by atoms with E-state index in [4.69, 9.17) is 9.47 Å². The van der Waals surface area contributed by atoms with E-state index in [0.717, 1.165) is 0 Å². The molecule has 0 aliphatic rings. The summed E-state index contributed by atoms with van der Waals surface area (Å²) in [6.45, 7) is 12.7. The second-order valence-corrected chi connectivity index (χ2v) is 6.52. The highest BCUT2D eigenvalue weighted by molar-refractivity contribution is 5.89. The second-order valence-electron chi connectivity index (χ2n) is 6.52. The number of rotatable bonds is 6. The molecular weight excluding hydrogens is 258 g/mol. The summed E-state index contributed by atoms with van der Waals surface area (Å²) in [6, 6.07) is -0.678. The molecule has 0 aromatic heterocycles. The molecule has 0 rings (SSSR count). The minimum absolute atomic E-state index is 0.0632. The van der Waals surface area contributed by atoms with Gasteiger partial charge in [0, 0.05) is 7.11 Å². The van der Waals surface area contributed by atoms with E-state index in [1.165, 1.54) is 7.11 Å². The monoisotopic (exact) mass is 287 g/mol. The Labute approximate surface area is 122 Å². The molecule has 1 unspecified atom stereocenters. The first-order valence-corrected chi connectivity index (χ1v) is 7.05. The van der Waals surface area contributed by atoms with Gasteiger partial charge in [-0.25, -0.2) is 4.79 Å². The van der Waals surface area contributed by atoms with Gasteiger partial charge in [0.1, 0.15) is 17.2 Å². The summed E-state index contributed by atoms with van der Waals surface area (Å²) in [4.78, 5) is 24.4. The van der Waals surface area contributed by atoms with Gasteiger partial charge < -0.3 is 14.8 Å². The molecule has 5 nitrogen and oxygen atoms in total. The largest absolute Gasteiger partial charge is 0.458 e. The van der Waals surface area contributed by atoms with Gasteiger partial charge in [0.25, 0.3) is 5.91 Å². The fourth-order valence-corrected chi connectivity index (χ4v) is 1.55. The van der Waals surface area contributed by atoms with E-state index < -0.39 is 23.2 Å². The second kappa shape index (κ2) is 7.07. The van der Waals surface area contributed by atoms with Crippen LogP contribution in [0.3, 0.4) is 0 Å². The third-order valence-corrected chi connectivity index (χ3v) is 3.22. The highest BCUT2D eigenvalue weighted by atomic mass is 16.6. The Bertz CT molecular complexity index is 340. The standard InChI is InChI=1S/C15H29NO4/c1-9-15(7,19-8)13(18)16-11(10(2)3)12(17)20-14(4,5)6/h10-11H,9H2,1-8H3,(H,16,18)/t11-,15?/m1/s1. The SMILES string of the molecule is CCC(C)(OC)C(=O)N[C@@H](C(=O)OC(C)(C)C)C(C)C. The number of nitrogens with one attached hydrogen (secondary N) is 1. The predicted molar refractivity (Wildman–Crippen MR) is 78.3 cm³/mol. The summed E-state index contributed by atoms with van der Waals surface area (Å²) >= 11 is 0. The lowest BCUT2D eigenvalue weighted by atomic mass is 9.99. The zero-order chi connectivity index (χ0) is 16.1.